The van der Waals surface area contributed by atoms with Crippen LogP contribution < -0.4 is 10.6 Å². The smallest absolute Gasteiger partial charge is 0.226 e. The highest BCUT2D eigenvalue weighted by Gasteiger charge is 2.06. The molecule has 27 heavy (non-hydrogen) atoms. The van der Waals surface area contributed by atoms with Crippen molar-refractivity contribution >= 4 is 17.5 Å². The van der Waals surface area contributed by atoms with Crippen LogP contribution in [0.25, 0.3) is 11.1 Å². The number of hydrogen-bond acceptors (Lipinski definition) is 2. The van der Waals surface area contributed by atoms with E-state index >= 15 is 0 Å². The zero-order valence-corrected chi connectivity index (χ0v) is 15.0. The molecule has 0 bridgehead atoms. The Hall–Kier alpha value is -3.40. The lowest BCUT2D eigenvalue weighted by atomic mass is 10.1. The van der Waals surface area contributed by atoms with Gasteiger partial charge in [0.05, 0.1) is 6.42 Å². The highest BCUT2D eigenvalue weighted by atomic mass is 16.2. The van der Waals surface area contributed by atoms with Crippen LogP contribution in [0.15, 0.2) is 84.9 Å². The number of benzene rings is 3. The average molecular weight is 358 g/mol. The minimum atomic E-state index is -0.123. The van der Waals surface area contributed by atoms with Crippen LogP contribution in [0.1, 0.15) is 12.0 Å². The van der Waals surface area contributed by atoms with Gasteiger partial charge in [-0.05, 0) is 28.8 Å². The number of amides is 2. The van der Waals surface area contributed by atoms with Gasteiger partial charge in [0.2, 0.25) is 11.8 Å². The molecule has 3 aromatic rings. The van der Waals surface area contributed by atoms with E-state index in [9.17, 15) is 9.59 Å². The highest BCUT2D eigenvalue weighted by Crippen LogP contribution is 2.20. The molecular weight excluding hydrogens is 336 g/mol. The summed E-state index contributed by atoms with van der Waals surface area (Å²) in [7, 11) is 0. The predicted molar refractivity (Wildman–Crippen MR) is 108 cm³/mol. The molecular formula is C23H22N2O2. The van der Waals surface area contributed by atoms with E-state index in [2.05, 4.69) is 10.6 Å². The van der Waals surface area contributed by atoms with Gasteiger partial charge in [0, 0.05) is 18.7 Å². The van der Waals surface area contributed by atoms with E-state index in [1.807, 2.05) is 84.9 Å². The molecule has 0 aliphatic rings. The summed E-state index contributed by atoms with van der Waals surface area (Å²) in [6.45, 7) is 0.319. The van der Waals surface area contributed by atoms with Gasteiger partial charge in [-0.1, -0.05) is 72.8 Å². The zero-order chi connectivity index (χ0) is 18.9. The number of rotatable bonds is 7. The Bertz CT molecular complexity index is 875. The fourth-order valence-corrected chi connectivity index (χ4v) is 2.76. The summed E-state index contributed by atoms with van der Waals surface area (Å²) in [5, 5.41) is 5.63. The summed E-state index contributed by atoms with van der Waals surface area (Å²) in [6.07, 6.45) is 0.560. The van der Waals surface area contributed by atoms with Gasteiger partial charge in [-0.15, -0.1) is 0 Å². The first kappa shape index (κ1) is 18.4. The molecule has 3 aromatic carbocycles. The SMILES string of the molecule is O=C(Cc1ccccc1)NCCC(=O)Nc1ccc(-c2ccccc2)cc1. The van der Waals surface area contributed by atoms with Crippen LogP contribution in [0.4, 0.5) is 5.69 Å². The van der Waals surface area contributed by atoms with Crippen LogP contribution in [0, 0.1) is 0 Å². The first-order chi connectivity index (χ1) is 13.2. The van der Waals surface area contributed by atoms with E-state index in [-0.39, 0.29) is 18.2 Å². The van der Waals surface area contributed by atoms with Crippen LogP contribution in [0.5, 0.6) is 0 Å². The van der Waals surface area contributed by atoms with Crippen molar-refractivity contribution in [3.05, 3.63) is 90.5 Å². The van der Waals surface area contributed by atoms with E-state index < -0.39 is 0 Å². The third-order valence-electron chi connectivity index (χ3n) is 4.16. The lowest BCUT2D eigenvalue weighted by Gasteiger charge is -2.08. The quantitative estimate of drug-likeness (QED) is 0.670. The first-order valence-corrected chi connectivity index (χ1v) is 8.97. The summed E-state index contributed by atoms with van der Waals surface area (Å²) in [4.78, 5) is 23.9. The van der Waals surface area contributed by atoms with Crippen molar-refractivity contribution in [1.29, 1.82) is 0 Å². The molecule has 3 rings (SSSR count). The van der Waals surface area contributed by atoms with Crippen LogP contribution in [0.2, 0.25) is 0 Å². The average Bonchev–Trinajstić information content (AvgIpc) is 2.70. The molecule has 0 aliphatic carbocycles. The van der Waals surface area contributed by atoms with Gasteiger partial charge < -0.3 is 10.6 Å². The van der Waals surface area contributed by atoms with E-state index in [1.165, 1.54) is 0 Å². The maximum absolute atomic E-state index is 12.0. The maximum atomic E-state index is 12.0. The molecule has 0 saturated carbocycles. The Morgan fingerprint density at radius 1 is 0.667 bits per heavy atom. The Morgan fingerprint density at radius 2 is 1.26 bits per heavy atom. The lowest BCUT2D eigenvalue weighted by Crippen LogP contribution is -2.28. The number of carbonyl (C=O) groups excluding carboxylic acids is 2. The summed E-state index contributed by atoms with van der Waals surface area (Å²) in [6, 6.07) is 27.3. The van der Waals surface area contributed by atoms with Gasteiger partial charge in [-0.25, -0.2) is 0 Å². The maximum Gasteiger partial charge on any atom is 0.226 e. The molecule has 0 saturated heterocycles. The van der Waals surface area contributed by atoms with Crippen molar-refractivity contribution < 1.29 is 9.59 Å². The van der Waals surface area contributed by atoms with Gasteiger partial charge in [0.15, 0.2) is 0 Å². The van der Waals surface area contributed by atoms with Crippen LogP contribution in [0.3, 0.4) is 0 Å². The monoisotopic (exact) mass is 358 g/mol. The second-order valence-corrected chi connectivity index (χ2v) is 6.25. The Morgan fingerprint density at radius 3 is 1.93 bits per heavy atom. The van der Waals surface area contributed by atoms with Crippen LogP contribution in [-0.4, -0.2) is 18.4 Å². The van der Waals surface area contributed by atoms with Crippen molar-refractivity contribution in [2.45, 2.75) is 12.8 Å². The first-order valence-electron chi connectivity index (χ1n) is 8.97. The van der Waals surface area contributed by atoms with Gasteiger partial charge >= 0.3 is 0 Å². The molecule has 4 nitrogen and oxygen atoms in total. The molecule has 0 aliphatic heterocycles. The molecule has 4 heteroatoms. The third kappa shape index (κ3) is 5.82. The number of anilines is 1. The molecule has 0 radical (unpaired) electrons. The van der Waals surface area contributed by atoms with E-state index in [0.717, 1.165) is 22.4 Å². The summed E-state index contributed by atoms with van der Waals surface area (Å²) in [5.74, 6) is -0.205. The molecule has 0 unspecified atom stereocenters. The summed E-state index contributed by atoms with van der Waals surface area (Å²) < 4.78 is 0. The number of carbonyl (C=O) groups is 2. The van der Waals surface area contributed by atoms with Crippen molar-refractivity contribution in [2.75, 3.05) is 11.9 Å². The molecule has 2 N–H and O–H groups in total. The van der Waals surface area contributed by atoms with Gasteiger partial charge in [-0.2, -0.15) is 0 Å². The molecule has 136 valence electrons. The highest BCUT2D eigenvalue weighted by molar-refractivity contribution is 5.91. The van der Waals surface area contributed by atoms with Crippen molar-refractivity contribution in [2.24, 2.45) is 0 Å². The predicted octanol–water partition coefficient (Wildman–Crippen LogP) is 4.04. The second kappa shape index (κ2) is 9.34. The lowest BCUT2D eigenvalue weighted by molar-refractivity contribution is -0.120. The van der Waals surface area contributed by atoms with E-state index in [4.69, 9.17) is 0 Å². The van der Waals surface area contributed by atoms with Gasteiger partial charge in [0.1, 0.15) is 0 Å². The third-order valence-corrected chi connectivity index (χ3v) is 4.16. The molecule has 2 amide bonds. The molecule has 0 spiro atoms. The largest absolute Gasteiger partial charge is 0.355 e. The van der Waals surface area contributed by atoms with Crippen molar-refractivity contribution in [3.8, 4) is 11.1 Å². The van der Waals surface area contributed by atoms with E-state index in [0.29, 0.717) is 13.0 Å². The Balaban J connectivity index is 1.42. The van der Waals surface area contributed by atoms with E-state index in [1.54, 1.807) is 0 Å². The zero-order valence-electron chi connectivity index (χ0n) is 15.0. The fourth-order valence-electron chi connectivity index (χ4n) is 2.76. The van der Waals surface area contributed by atoms with Crippen LogP contribution in [-0.2, 0) is 16.0 Å². The summed E-state index contributed by atoms with van der Waals surface area (Å²) in [5.41, 5.74) is 3.94. The minimum absolute atomic E-state index is 0.0822. The number of hydrogen-bond donors (Lipinski definition) is 2. The van der Waals surface area contributed by atoms with Gasteiger partial charge in [0.25, 0.3) is 0 Å². The second-order valence-electron chi connectivity index (χ2n) is 6.25. The summed E-state index contributed by atoms with van der Waals surface area (Å²) >= 11 is 0. The molecule has 0 atom stereocenters. The molecule has 0 heterocycles. The van der Waals surface area contributed by atoms with Gasteiger partial charge in [-0.3, -0.25) is 9.59 Å². The Labute approximate surface area is 159 Å². The number of nitrogens with one attached hydrogen (secondary N) is 2. The van der Waals surface area contributed by atoms with Crippen LogP contribution >= 0.6 is 0 Å². The van der Waals surface area contributed by atoms with Crippen molar-refractivity contribution in [1.82, 2.24) is 5.32 Å². The molecule has 0 fully saturated rings. The standard InChI is InChI=1S/C23H22N2O2/c26-22(15-16-24-23(27)17-18-7-3-1-4-8-18)25-21-13-11-20(12-14-21)19-9-5-2-6-10-19/h1-14H,15-17H2,(H,24,27)(H,25,26). The fraction of sp³-hybridized carbons (Fsp3) is 0.130. The molecule has 0 aromatic heterocycles. The topological polar surface area (TPSA) is 58.2 Å². The minimum Gasteiger partial charge on any atom is -0.355 e. The van der Waals surface area contributed by atoms with Crippen molar-refractivity contribution in [3.63, 3.8) is 0 Å². The Kier molecular flexibility index (Phi) is 6.36. The normalized spacial score (nSPS) is 10.2.